The second-order valence-electron chi connectivity index (χ2n) is 5.58. The Kier molecular flexibility index (Phi) is 7.19. The summed E-state index contributed by atoms with van der Waals surface area (Å²) in [5.41, 5.74) is 1.76. The number of carbonyl (C=O) groups excluding carboxylic acids is 3. The summed E-state index contributed by atoms with van der Waals surface area (Å²) >= 11 is 5.98. The van der Waals surface area contributed by atoms with Gasteiger partial charge >= 0.3 is 5.97 Å². The molecule has 0 saturated heterocycles. The van der Waals surface area contributed by atoms with E-state index in [2.05, 4.69) is 10.6 Å². The Labute approximate surface area is 161 Å². The van der Waals surface area contributed by atoms with Crippen molar-refractivity contribution in [3.63, 3.8) is 0 Å². The first-order valence-electron chi connectivity index (χ1n) is 8.03. The third kappa shape index (κ3) is 6.31. The first-order chi connectivity index (χ1) is 12.9. The Bertz CT molecular complexity index is 836. The van der Waals surface area contributed by atoms with Crippen LogP contribution in [0.1, 0.15) is 15.9 Å². The normalized spacial score (nSPS) is 10.0. The molecule has 0 aliphatic carbocycles. The summed E-state index contributed by atoms with van der Waals surface area (Å²) in [6.07, 6.45) is 0. The molecule has 7 nitrogen and oxygen atoms in total. The number of ether oxygens (including phenoxy) is 2. The van der Waals surface area contributed by atoms with E-state index in [-0.39, 0.29) is 6.54 Å². The molecule has 0 aliphatic heterocycles. The summed E-state index contributed by atoms with van der Waals surface area (Å²) in [5, 5.41) is 5.51. The van der Waals surface area contributed by atoms with Crippen LogP contribution in [-0.2, 0) is 14.3 Å². The molecule has 2 N–H and O–H groups in total. The highest BCUT2D eigenvalue weighted by molar-refractivity contribution is 6.31. The van der Waals surface area contributed by atoms with Crippen molar-refractivity contribution in [2.45, 2.75) is 6.92 Å². The van der Waals surface area contributed by atoms with Crippen LogP contribution < -0.4 is 15.4 Å². The summed E-state index contributed by atoms with van der Waals surface area (Å²) in [7, 11) is 1.52. The maximum absolute atomic E-state index is 11.9. The van der Waals surface area contributed by atoms with Crippen molar-refractivity contribution in [1.82, 2.24) is 5.32 Å². The van der Waals surface area contributed by atoms with E-state index in [0.29, 0.717) is 22.0 Å². The number of carbonyl (C=O) groups is 3. The third-order valence-corrected chi connectivity index (χ3v) is 3.97. The van der Waals surface area contributed by atoms with Gasteiger partial charge in [0.25, 0.3) is 11.8 Å². The van der Waals surface area contributed by atoms with Gasteiger partial charge in [0.15, 0.2) is 6.61 Å². The third-order valence-electron chi connectivity index (χ3n) is 3.57. The number of esters is 1. The second kappa shape index (κ2) is 9.59. The van der Waals surface area contributed by atoms with E-state index in [1.54, 1.807) is 42.5 Å². The summed E-state index contributed by atoms with van der Waals surface area (Å²) in [4.78, 5) is 35.4. The molecule has 0 fully saturated rings. The molecule has 8 heteroatoms. The van der Waals surface area contributed by atoms with Gasteiger partial charge in [-0.25, -0.2) is 0 Å². The second-order valence-corrected chi connectivity index (χ2v) is 5.99. The van der Waals surface area contributed by atoms with Gasteiger partial charge < -0.3 is 20.1 Å². The lowest BCUT2D eigenvalue weighted by Crippen LogP contribution is -2.32. The van der Waals surface area contributed by atoms with Gasteiger partial charge in [0.2, 0.25) is 0 Å². The van der Waals surface area contributed by atoms with Crippen molar-refractivity contribution in [2.24, 2.45) is 0 Å². The molecule has 0 aliphatic rings. The number of rotatable bonds is 7. The topological polar surface area (TPSA) is 93.7 Å². The number of hydrogen-bond acceptors (Lipinski definition) is 5. The number of methoxy groups -OCH3 is 1. The van der Waals surface area contributed by atoms with E-state index in [1.165, 1.54) is 7.11 Å². The number of benzene rings is 2. The lowest BCUT2D eigenvalue weighted by molar-refractivity contribution is -0.146. The van der Waals surface area contributed by atoms with Crippen molar-refractivity contribution in [3.05, 3.63) is 58.6 Å². The van der Waals surface area contributed by atoms with E-state index in [4.69, 9.17) is 21.1 Å². The van der Waals surface area contributed by atoms with E-state index >= 15 is 0 Å². The van der Waals surface area contributed by atoms with Crippen LogP contribution in [0.15, 0.2) is 42.5 Å². The molecule has 142 valence electrons. The molecule has 2 aromatic rings. The molecule has 0 unspecified atom stereocenters. The molecule has 0 radical (unpaired) electrons. The Morgan fingerprint density at radius 1 is 1.07 bits per heavy atom. The Morgan fingerprint density at radius 2 is 1.78 bits per heavy atom. The molecular formula is C19H19ClN2O5. The van der Waals surface area contributed by atoms with Crippen molar-refractivity contribution in [1.29, 1.82) is 0 Å². The van der Waals surface area contributed by atoms with Crippen LogP contribution in [0, 0.1) is 6.92 Å². The van der Waals surface area contributed by atoms with E-state index in [9.17, 15) is 14.4 Å². The number of anilines is 1. The number of halogens is 1. The summed E-state index contributed by atoms with van der Waals surface area (Å²) in [5.74, 6) is -1.06. The highest BCUT2D eigenvalue weighted by atomic mass is 35.5. The molecular weight excluding hydrogens is 372 g/mol. The summed E-state index contributed by atoms with van der Waals surface area (Å²) < 4.78 is 9.84. The summed E-state index contributed by atoms with van der Waals surface area (Å²) in [6.45, 7) is 1.02. The van der Waals surface area contributed by atoms with Gasteiger partial charge in [-0.15, -0.1) is 0 Å². The molecule has 27 heavy (non-hydrogen) atoms. The molecule has 0 spiro atoms. The molecule has 2 aromatic carbocycles. The highest BCUT2D eigenvalue weighted by Gasteiger charge is 2.11. The molecule has 2 amide bonds. The van der Waals surface area contributed by atoms with Crippen molar-refractivity contribution < 1.29 is 23.9 Å². The minimum Gasteiger partial charge on any atom is -0.497 e. The van der Waals surface area contributed by atoms with Gasteiger partial charge in [0, 0.05) is 16.3 Å². The van der Waals surface area contributed by atoms with Crippen LogP contribution in [0.5, 0.6) is 5.75 Å². The Balaban J connectivity index is 1.74. The molecule has 0 heterocycles. The number of nitrogens with one attached hydrogen (secondary N) is 2. The SMILES string of the molecule is COc1ccc(C(=O)NCC(=O)OCC(=O)Nc2ccc(C)c(Cl)c2)cc1. The van der Waals surface area contributed by atoms with Gasteiger partial charge in [0.05, 0.1) is 7.11 Å². The maximum atomic E-state index is 11.9. The van der Waals surface area contributed by atoms with E-state index < -0.39 is 24.4 Å². The lowest BCUT2D eigenvalue weighted by Gasteiger charge is -2.09. The zero-order valence-corrected chi connectivity index (χ0v) is 15.6. The molecule has 0 saturated carbocycles. The fourth-order valence-corrected chi connectivity index (χ4v) is 2.24. The van der Waals surface area contributed by atoms with Crippen LogP contribution in [0.25, 0.3) is 0 Å². The minimum atomic E-state index is -0.728. The maximum Gasteiger partial charge on any atom is 0.325 e. The average molecular weight is 391 g/mol. The van der Waals surface area contributed by atoms with Crippen LogP contribution in [0.2, 0.25) is 5.02 Å². The van der Waals surface area contributed by atoms with Gasteiger partial charge in [0.1, 0.15) is 12.3 Å². The van der Waals surface area contributed by atoms with Crippen LogP contribution in [0.3, 0.4) is 0 Å². The van der Waals surface area contributed by atoms with E-state index in [1.807, 2.05) is 6.92 Å². The van der Waals surface area contributed by atoms with Gasteiger partial charge in [-0.05, 0) is 48.9 Å². The first-order valence-corrected chi connectivity index (χ1v) is 8.40. The predicted octanol–water partition coefficient (Wildman–Crippen LogP) is 2.57. The number of amides is 2. The Hall–Kier alpha value is -3.06. The molecule has 0 atom stereocenters. The van der Waals surface area contributed by atoms with Gasteiger partial charge in [-0.3, -0.25) is 14.4 Å². The van der Waals surface area contributed by atoms with Crippen LogP contribution in [0.4, 0.5) is 5.69 Å². The van der Waals surface area contributed by atoms with Crippen molar-refractivity contribution in [3.8, 4) is 5.75 Å². The smallest absolute Gasteiger partial charge is 0.325 e. The van der Waals surface area contributed by atoms with Crippen molar-refractivity contribution >= 4 is 35.1 Å². The average Bonchev–Trinajstić information content (AvgIpc) is 2.67. The zero-order chi connectivity index (χ0) is 19.8. The molecule has 0 aromatic heterocycles. The zero-order valence-electron chi connectivity index (χ0n) is 14.9. The van der Waals surface area contributed by atoms with Gasteiger partial charge in [-0.1, -0.05) is 17.7 Å². The quantitative estimate of drug-likeness (QED) is 0.709. The lowest BCUT2D eigenvalue weighted by atomic mass is 10.2. The van der Waals surface area contributed by atoms with Crippen LogP contribution >= 0.6 is 11.6 Å². The fraction of sp³-hybridized carbons (Fsp3) is 0.211. The molecule has 0 bridgehead atoms. The fourth-order valence-electron chi connectivity index (χ4n) is 2.06. The van der Waals surface area contributed by atoms with Crippen LogP contribution in [-0.4, -0.2) is 38.0 Å². The monoisotopic (exact) mass is 390 g/mol. The minimum absolute atomic E-state index is 0.353. The first kappa shape index (κ1) is 20.3. The van der Waals surface area contributed by atoms with Crippen molar-refractivity contribution in [2.75, 3.05) is 25.6 Å². The Morgan fingerprint density at radius 3 is 2.41 bits per heavy atom. The predicted molar refractivity (Wildman–Crippen MR) is 101 cm³/mol. The highest BCUT2D eigenvalue weighted by Crippen LogP contribution is 2.19. The largest absolute Gasteiger partial charge is 0.497 e. The summed E-state index contributed by atoms with van der Waals surface area (Å²) in [6, 6.07) is 11.5. The number of aryl methyl sites for hydroxylation is 1. The number of hydrogen-bond donors (Lipinski definition) is 2. The molecule has 2 rings (SSSR count). The van der Waals surface area contributed by atoms with E-state index in [0.717, 1.165) is 5.56 Å². The van der Waals surface area contributed by atoms with Gasteiger partial charge in [-0.2, -0.15) is 0 Å². The standard InChI is InChI=1S/C19H19ClN2O5/c1-12-3-6-14(9-16(12)20)22-17(23)11-27-18(24)10-21-19(25)13-4-7-15(26-2)8-5-13/h3-9H,10-11H2,1-2H3,(H,21,25)(H,22,23).